The third-order valence-corrected chi connectivity index (χ3v) is 2.06. The molecule has 0 amide bonds. The number of alkyl halides is 1. The molecule has 0 aromatic heterocycles. The number of benzene rings is 1. The normalized spacial score (nSPS) is 11.7. The average molecular weight is 197 g/mol. The lowest BCUT2D eigenvalue weighted by molar-refractivity contribution is 0.0867. The molecule has 78 valence electrons. The van der Waals surface area contributed by atoms with Crippen LogP contribution in [0.15, 0.2) is 24.3 Å². The molecule has 0 fully saturated rings. The summed E-state index contributed by atoms with van der Waals surface area (Å²) in [5.74, 6) is 0. The molecule has 14 heavy (non-hydrogen) atoms. The molecule has 0 spiro atoms. The molecule has 3 heteroatoms. The van der Waals surface area contributed by atoms with Crippen LogP contribution in [0.3, 0.4) is 0 Å². The van der Waals surface area contributed by atoms with E-state index in [0.717, 1.165) is 5.56 Å². The van der Waals surface area contributed by atoms with Crippen LogP contribution in [-0.2, 0) is 17.1 Å². The Morgan fingerprint density at radius 3 is 2.29 bits per heavy atom. The first-order chi connectivity index (χ1) is 6.54. The van der Waals surface area contributed by atoms with Gasteiger partial charge < -0.3 is 4.84 Å². The van der Waals surface area contributed by atoms with Crippen LogP contribution in [-0.4, -0.2) is 7.11 Å². The molecule has 2 nitrogen and oxygen atoms in total. The average Bonchev–Trinajstić information content (AvgIpc) is 2.14. The number of nitrogens with one attached hydrogen (secondary N) is 1. The summed E-state index contributed by atoms with van der Waals surface area (Å²) in [6, 6.07) is 7.38. The van der Waals surface area contributed by atoms with E-state index >= 15 is 0 Å². The van der Waals surface area contributed by atoms with Crippen LogP contribution in [0.25, 0.3) is 0 Å². The summed E-state index contributed by atoms with van der Waals surface area (Å²) in [6.45, 7) is 3.73. The highest BCUT2D eigenvalue weighted by Crippen LogP contribution is 2.24. The van der Waals surface area contributed by atoms with Gasteiger partial charge in [0.2, 0.25) is 0 Å². The SMILES string of the molecule is CONCc1ccc(C(C)(C)F)cc1. The second-order valence-electron chi connectivity index (χ2n) is 3.69. The fraction of sp³-hybridized carbons (Fsp3) is 0.455. The van der Waals surface area contributed by atoms with Crippen LogP contribution in [0, 0.1) is 0 Å². The van der Waals surface area contributed by atoms with Gasteiger partial charge in [-0.1, -0.05) is 24.3 Å². The van der Waals surface area contributed by atoms with Crippen LogP contribution in [0.2, 0.25) is 0 Å². The smallest absolute Gasteiger partial charge is 0.130 e. The van der Waals surface area contributed by atoms with Gasteiger partial charge in [-0.2, -0.15) is 5.48 Å². The third-order valence-electron chi connectivity index (χ3n) is 2.06. The lowest BCUT2D eigenvalue weighted by Gasteiger charge is -2.14. The van der Waals surface area contributed by atoms with Crippen molar-refractivity contribution in [1.29, 1.82) is 0 Å². The summed E-state index contributed by atoms with van der Waals surface area (Å²) in [5.41, 5.74) is 3.22. The second-order valence-corrected chi connectivity index (χ2v) is 3.69. The highest BCUT2D eigenvalue weighted by molar-refractivity contribution is 5.26. The molecule has 0 radical (unpaired) electrons. The predicted octanol–water partition coefficient (Wildman–Crippen LogP) is 2.54. The maximum atomic E-state index is 13.5. The Kier molecular flexibility index (Phi) is 3.61. The molecule has 1 rings (SSSR count). The molecule has 1 aromatic rings. The third kappa shape index (κ3) is 3.09. The number of halogens is 1. The van der Waals surface area contributed by atoms with Gasteiger partial charge in [-0.25, -0.2) is 4.39 Å². The Morgan fingerprint density at radius 1 is 1.29 bits per heavy atom. The van der Waals surface area contributed by atoms with Gasteiger partial charge in [0.1, 0.15) is 5.67 Å². The topological polar surface area (TPSA) is 21.3 Å². The van der Waals surface area contributed by atoms with Gasteiger partial charge >= 0.3 is 0 Å². The fourth-order valence-corrected chi connectivity index (χ4v) is 1.17. The summed E-state index contributed by atoms with van der Waals surface area (Å²) in [5, 5.41) is 0. The fourth-order valence-electron chi connectivity index (χ4n) is 1.17. The molecule has 0 aliphatic carbocycles. The van der Waals surface area contributed by atoms with Gasteiger partial charge in [0, 0.05) is 6.54 Å². The van der Waals surface area contributed by atoms with Crippen molar-refractivity contribution in [2.24, 2.45) is 0 Å². The van der Waals surface area contributed by atoms with Gasteiger partial charge in [-0.15, -0.1) is 0 Å². The molecule has 0 unspecified atom stereocenters. The van der Waals surface area contributed by atoms with Crippen LogP contribution in [0.5, 0.6) is 0 Å². The maximum absolute atomic E-state index is 13.5. The molecule has 0 saturated heterocycles. The maximum Gasteiger partial charge on any atom is 0.130 e. The van der Waals surface area contributed by atoms with Crippen LogP contribution in [0.4, 0.5) is 4.39 Å². The number of rotatable bonds is 4. The minimum atomic E-state index is -1.27. The van der Waals surface area contributed by atoms with E-state index in [4.69, 9.17) is 4.84 Å². The number of hydrogen-bond donors (Lipinski definition) is 1. The zero-order chi connectivity index (χ0) is 10.6. The monoisotopic (exact) mass is 197 g/mol. The van der Waals surface area contributed by atoms with Gasteiger partial charge in [0.25, 0.3) is 0 Å². The Labute approximate surface area is 84.0 Å². The van der Waals surface area contributed by atoms with Crippen LogP contribution in [0.1, 0.15) is 25.0 Å². The summed E-state index contributed by atoms with van der Waals surface area (Å²) in [6.07, 6.45) is 0. The van der Waals surface area contributed by atoms with Crippen molar-refractivity contribution in [3.63, 3.8) is 0 Å². The van der Waals surface area contributed by atoms with Crippen molar-refractivity contribution in [2.45, 2.75) is 26.1 Å². The van der Waals surface area contributed by atoms with Gasteiger partial charge in [0.05, 0.1) is 7.11 Å². The van der Waals surface area contributed by atoms with E-state index in [-0.39, 0.29) is 0 Å². The summed E-state index contributed by atoms with van der Waals surface area (Å²) in [4.78, 5) is 4.72. The first-order valence-electron chi connectivity index (χ1n) is 4.58. The minimum absolute atomic E-state index is 0.628. The molecule has 0 bridgehead atoms. The van der Waals surface area contributed by atoms with E-state index in [9.17, 15) is 4.39 Å². The second kappa shape index (κ2) is 4.53. The van der Waals surface area contributed by atoms with Crippen molar-refractivity contribution >= 4 is 0 Å². The molecule has 1 aromatic carbocycles. The highest BCUT2D eigenvalue weighted by Gasteiger charge is 2.17. The molecular weight excluding hydrogens is 181 g/mol. The van der Waals surface area contributed by atoms with Gasteiger partial charge in [0.15, 0.2) is 0 Å². The van der Waals surface area contributed by atoms with Crippen LogP contribution < -0.4 is 5.48 Å². The zero-order valence-corrected chi connectivity index (χ0v) is 8.80. The Hall–Kier alpha value is -0.930. The quantitative estimate of drug-likeness (QED) is 0.749. The summed E-state index contributed by atoms with van der Waals surface area (Å²) in [7, 11) is 1.57. The van der Waals surface area contributed by atoms with Crippen molar-refractivity contribution < 1.29 is 9.23 Å². The van der Waals surface area contributed by atoms with Gasteiger partial charge in [-0.05, 0) is 25.0 Å². The van der Waals surface area contributed by atoms with Crippen molar-refractivity contribution in [3.05, 3.63) is 35.4 Å². The van der Waals surface area contributed by atoms with Crippen molar-refractivity contribution in [2.75, 3.05) is 7.11 Å². The lowest BCUT2D eigenvalue weighted by Crippen LogP contribution is -2.12. The van der Waals surface area contributed by atoms with E-state index in [0.29, 0.717) is 12.1 Å². The van der Waals surface area contributed by atoms with E-state index in [2.05, 4.69) is 5.48 Å². The Balaban J connectivity index is 2.69. The summed E-state index contributed by atoms with van der Waals surface area (Å²) >= 11 is 0. The largest absolute Gasteiger partial charge is 0.305 e. The number of hydroxylamine groups is 1. The van der Waals surface area contributed by atoms with E-state index in [1.165, 1.54) is 0 Å². The molecule has 0 aliphatic heterocycles. The van der Waals surface area contributed by atoms with E-state index < -0.39 is 5.67 Å². The van der Waals surface area contributed by atoms with Crippen molar-refractivity contribution in [1.82, 2.24) is 5.48 Å². The van der Waals surface area contributed by atoms with E-state index in [1.807, 2.05) is 12.1 Å². The van der Waals surface area contributed by atoms with Crippen molar-refractivity contribution in [3.8, 4) is 0 Å². The molecule has 0 saturated carbocycles. The minimum Gasteiger partial charge on any atom is -0.305 e. The number of hydrogen-bond acceptors (Lipinski definition) is 2. The van der Waals surface area contributed by atoms with Crippen LogP contribution >= 0.6 is 0 Å². The summed E-state index contributed by atoms with van der Waals surface area (Å²) < 4.78 is 13.5. The molecular formula is C11H16FNO. The molecule has 1 N–H and O–H groups in total. The van der Waals surface area contributed by atoms with E-state index in [1.54, 1.807) is 33.1 Å². The predicted molar refractivity (Wildman–Crippen MR) is 54.4 cm³/mol. The molecule has 0 atom stereocenters. The molecule has 0 aliphatic rings. The molecule has 0 heterocycles. The lowest BCUT2D eigenvalue weighted by atomic mass is 9.99. The zero-order valence-electron chi connectivity index (χ0n) is 8.80. The Bertz CT molecular complexity index is 276. The Morgan fingerprint density at radius 2 is 1.86 bits per heavy atom. The first-order valence-corrected chi connectivity index (χ1v) is 4.58. The van der Waals surface area contributed by atoms with Gasteiger partial charge in [-0.3, -0.25) is 0 Å². The first kappa shape index (κ1) is 11.1. The highest BCUT2D eigenvalue weighted by atomic mass is 19.1. The standard InChI is InChI=1S/C11H16FNO/c1-11(2,12)10-6-4-9(5-7-10)8-13-14-3/h4-7,13H,8H2,1-3H3.